The molecule has 0 unspecified atom stereocenters. The highest BCUT2D eigenvalue weighted by molar-refractivity contribution is 5.96. The first-order valence-corrected chi connectivity index (χ1v) is 5.31. The third-order valence-electron chi connectivity index (χ3n) is 1.85. The molecule has 7 N–H and O–H groups in total. The molecule has 100 valence electrons. The van der Waals surface area contributed by atoms with Gasteiger partial charge in [-0.3, -0.25) is 9.59 Å². The number of hydrogen-bond donors (Lipinski definition) is 5. The zero-order valence-electron chi connectivity index (χ0n) is 10.2. The summed E-state index contributed by atoms with van der Waals surface area (Å²) in [5.41, 5.74) is 17.4. The lowest BCUT2D eigenvalue weighted by atomic mass is 10.2. The molecular weight excluding hydrogens is 236 g/mol. The van der Waals surface area contributed by atoms with Crippen molar-refractivity contribution >= 4 is 11.8 Å². The van der Waals surface area contributed by atoms with E-state index in [2.05, 4.69) is 15.7 Å². The van der Waals surface area contributed by atoms with Crippen LogP contribution in [0.25, 0.3) is 0 Å². The van der Waals surface area contributed by atoms with Crippen molar-refractivity contribution in [3.8, 4) is 0 Å². The Morgan fingerprint density at radius 1 is 1.39 bits per heavy atom. The molecule has 0 bridgehead atoms. The molecule has 0 aromatic rings. The topological polar surface area (TPSA) is 146 Å². The molecule has 0 rings (SSSR count). The first-order valence-electron chi connectivity index (χ1n) is 5.31. The van der Waals surface area contributed by atoms with E-state index in [1.807, 2.05) is 0 Å². The Kier molecular flexibility index (Phi) is 7.78. The Bertz CT molecular complexity index is 375. The summed E-state index contributed by atoms with van der Waals surface area (Å²) in [6.45, 7) is 2.40. The maximum absolute atomic E-state index is 11.2. The Labute approximate surface area is 105 Å². The molecule has 0 aliphatic carbocycles. The molecule has 0 saturated carbocycles. The molecule has 0 atom stereocenters. The van der Waals surface area contributed by atoms with Gasteiger partial charge < -0.3 is 22.1 Å². The molecule has 0 aliphatic heterocycles. The predicted molar refractivity (Wildman–Crippen MR) is 66.0 cm³/mol. The smallest absolute Gasteiger partial charge is 0.252 e. The summed E-state index contributed by atoms with van der Waals surface area (Å²) in [5, 5.41) is 8.33. The van der Waals surface area contributed by atoms with Crippen molar-refractivity contribution < 1.29 is 9.59 Å². The van der Waals surface area contributed by atoms with E-state index in [0.717, 1.165) is 12.6 Å². The molecular formula is C10H18N6O2. The fourth-order valence-corrected chi connectivity index (χ4v) is 0.988. The van der Waals surface area contributed by atoms with Crippen LogP contribution in [0.1, 0.15) is 13.3 Å². The molecule has 8 nitrogen and oxygen atoms in total. The van der Waals surface area contributed by atoms with Gasteiger partial charge in [-0.15, -0.1) is 0 Å². The molecule has 0 aromatic heterocycles. The summed E-state index contributed by atoms with van der Waals surface area (Å²) in [4.78, 5) is 21.9. The van der Waals surface area contributed by atoms with E-state index < -0.39 is 5.91 Å². The minimum atomic E-state index is -0.786. The average Bonchev–Trinajstić information content (AvgIpc) is 2.31. The minimum absolute atomic E-state index is 0.0354. The number of nitrogens with one attached hydrogen (secondary N) is 3. The number of carbonyl (C=O) groups excluding carboxylic acids is 2. The Morgan fingerprint density at radius 3 is 2.50 bits per heavy atom. The molecule has 2 amide bonds. The SMILES string of the molecule is CC(=O)N/C=C(C(N)=O)/C(=C/NCCCN)N=N. The van der Waals surface area contributed by atoms with Crippen molar-refractivity contribution in [1.29, 1.82) is 5.53 Å². The number of rotatable bonds is 8. The lowest BCUT2D eigenvalue weighted by Crippen LogP contribution is -2.21. The second kappa shape index (κ2) is 8.88. The van der Waals surface area contributed by atoms with Gasteiger partial charge in [0, 0.05) is 25.9 Å². The Balaban J connectivity index is 4.82. The van der Waals surface area contributed by atoms with Gasteiger partial charge in [0.15, 0.2) is 0 Å². The van der Waals surface area contributed by atoms with E-state index in [0.29, 0.717) is 13.1 Å². The fourth-order valence-electron chi connectivity index (χ4n) is 0.988. The van der Waals surface area contributed by atoms with Gasteiger partial charge in [-0.2, -0.15) is 5.11 Å². The summed E-state index contributed by atoms with van der Waals surface area (Å²) >= 11 is 0. The zero-order valence-corrected chi connectivity index (χ0v) is 10.2. The maximum Gasteiger partial charge on any atom is 0.252 e. The predicted octanol–water partition coefficient (Wildman–Crippen LogP) is -0.698. The van der Waals surface area contributed by atoms with Crippen molar-refractivity contribution in [2.24, 2.45) is 16.6 Å². The number of primary amides is 1. The van der Waals surface area contributed by atoms with Crippen LogP contribution in [0.15, 0.2) is 28.8 Å². The van der Waals surface area contributed by atoms with Gasteiger partial charge in [0.25, 0.3) is 5.91 Å². The van der Waals surface area contributed by atoms with Crippen molar-refractivity contribution in [3.63, 3.8) is 0 Å². The average molecular weight is 254 g/mol. The molecule has 18 heavy (non-hydrogen) atoms. The lowest BCUT2D eigenvalue weighted by Gasteiger charge is -2.05. The zero-order chi connectivity index (χ0) is 14.0. The highest BCUT2D eigenvalue weighted by Crippen LogP contribution is 2.08. The lowest BCUT2D eigenvalue weighted by molar-refractivity contribution is -0.118. The van der Waals surface area contributed by atoms with Gasteiger partial charge in [0.2, 0.25) is 5.91 Å². The normalized spacial score (nSPS) is 11.9. The van der Waals surface area contributed by atoms with Gasteiger partial charge in [0.1, 0.15) is 5.70 Å². The molecule has 0 saturated heterocycles. The first kappa shape index (κ1) is 15.8. The summed E-state index contributed by atoms with van der Waals surface area (Å²) in [6.07, 6.45) is 3.24. The van der Waals surface area contributed by atoms with E-state index in [9.17, 15) is 9.59 Å². The quantitative estimate of drug-likeness (QED) is 0.169. The Morgan fingerprint density at radius 2 is 2.06 bits per heavy atom. The second-order valence-corrected chi connectivity index (χ2v) is 3.36. The monoisotopic (exact) mass is 254 g/mol. The van der Waals surface area contributed by atoms with Crippen molar-refractivity contribution in [2.45, 2.75) is 13.3 Å². The molecule has 0 aliphatic rings. The fraction of sp³-hybridized carbons (Fsp3) is 0.400. The van der Waals surface area contributed by atoms with Gasteiger partial charge >= 0.3 is 0 Å². The minimum Gasteiger partial charge on any atom is -0.389 e. The number of hydrogen-bond acceptors (Lipinski definition) is 6. The molecule has 0 aromatic carbocycles. The van der Waals surface area contributed by atoms with Gasteiger partial charge in [-0.05, 0) is 13.0 Å². The molecule has 0 spiro atoms. The van der Waals surface area contributed by atoms with Gasteiger partial charge in [-0.25, -0.2) is 5.53 Å². The standard InChI is InChI=1S/C10H18N6O2/c1-7(17)15-5-8(10(12)18)9(16-13)6-14-4-2-3-11/h5-6,13-14H,2-4,11H2,1H3,(H2,12,18)(H,15,17)/b8-5-,9-6-,16-13?. The first-order chi connectivity index (χ1) is 8.52. The van der Waals surface area contributed by atoms with Gasteiger partial charge in [0.05, 0.1) is 5.57 Å². The van der Waals surface area contributed by atoms with Crippen LogP contribution >= 0.6 is 0 Å². The van der Waals surface area contributed by atoms with Crippen LogP contribution in [0, 0.1) is 5.53 Å². The van der Waals surface area contributed by atoms with Crippen molar-refractivity contribution in [2.75, 3.05) is 13.1 Å². The summed E-state index contributed by atoms with van der Waals surface area (Å²) in [6, 6.07) is 0. The molecule has 0 fully saturated rings. The third-order valence-corrected chi connectivity index (χ3v) is 1.85. The van der Waals surface area contributed by atoms with E-state index >= 15 is 0 Å². The number of carbonyl (C=O) groups is 2. The number of amides is 2. The van der Waals surface area contributed by atoms with Gasteiger partial charge in [-0.1, -0.05) is 0 Å². The third kappa shape index (κ3) is 6.38. The molecule has 0 radical (unpaired) electrons. The van der Waals surface area contributed by atoms with Crippen LogP contribution in [0.4, 0.5) is 0 Å². The van der Waals surface area contributed by atoms with E-state index in [1.54, 1.807) is 0 Å². The largest absolute Gasteiger partial charge is 0.389 e. The van der Waals surface area contributed by atoms with E-state index in [-0.39, 0.29) is 17.2 Å². The highest BCUT2D eigenvalue weighted by Gasteiger charge is 2.11. The highest BCUT2D eigenvalue weighted by atomic mass is 16.2. The van der Waals surface area contributed by atoms with Crippen LogP contribution in [0.5, 0.6) is 0 Å². The number of nitrogens with two attached hydrogens (primary N) is 2. The summed E-state index contributed by atoms with van der Waals surface area (Å²) in [7, 11) is 0. The van der Waals surface area contributed by atoms with Crippen LogP contribution in [-0.2, 0) is 9.59 Å². The molecule has 0 heterocycles. The van der Waals surface area contributed by atoms with Crippen LogP contribution < -0.4 is 22.1 Å². The van der Waals surface area contributed by atoms with E-state index in [4.69, 9.17) is 17.0 Å². The van der Waals surface area contributed by atoms with Crippen molar-refractivity contribution in [1.82, 2.24) is 10.6 Å². The van der Waals surface area contributed by atoms with Crippen LogP contribution in [-0.4, -0.2) is 24.9 Å². The molecule has 8 heteroatoms. The summed E-state index contributed by atoms with van der Waals surface area (Å²) < 4.78 is 0. The number of nitrogens with zero attached hydrogens (tertiary/aromatic N) is 1. The summed E-state index contributed by atoms with van der Waals surface area (Å²) in [5.74, 6) is -1.14. The van der Waals surface area contributed by atoms with Crippen LogP contribution in [0.3, 0.4) is 0 Å². The van der Waals surface area contributed by atoms with Crippen LogP contribution in [0.2, 0.25) is 0 Å². The Hall–Kier alpha value is -2.22. The van der Waals surface area contributed by atoms with E-state index in [1.165, 1.54) is 13.1 Å². The second-order valence-electron chi connectivity index (χ2n) is 3.36. The van der Waals surface area contributed by atoms with Crippen molar-refractivity contribution in [3.05, 3.63) is 23.7 Å². The maximum atomic E-state index is 11.2.